The van der Waals surface area contributed by atoms with Gasteiger partial charge in [-0.05, 0) is 18.9 Å². The Kier molecular flexibility index (Phi) is 2.39. The minimum atomic E-state index is 0.838. The number of rotatable bonds is 2. The minimum absolute atomic E-state index is 0.838. The van der Waals surface area contributed by atoms with Crippen LogP contribution in [0.4, 0.5) is 5.82 Å². The molecule has 1 saturated heterocycles. The van der Waals surface area contributed by atoms with Crippen LogP contribution in [-0.4, -0.2) is 23.9 Å². The van der Waals surface area contributed by atoms with E-state index in [0.29, 0.717) is 0 Å². The summed E-state index contributed by atoms with van der Waals surface area (Å²) in [5.41, 5.74) is 1.97. The molecule has 1 aromatic heterocycles. The molecule has 3 rings (SSSR count). The Labute approximate surface area is 101 Å². The smallest absolute Gasteiger partial charge is 0.154 e. The zero-order valence-corrected chi connectivity index (χ0v) is 10.0. The largest absolute Gasteiger partial charge is 0.357 e. The molecule has 2 heterocycles. The van der Waals surface area contributed by atoms with Crippen LogP contribution in [0.3, 0.4) is 0 Å². The van der Waals surface area contributed by atoms with Gasteiger partial charge in [0.15, 0.2) is 6.29 Å². The minimum Gasteiger partial charge on any atom is -0.357 e. The zero-order valence-electron chi connectivity index (χ0n) is 10.0. The van der Waals surface area contributed by atoms with Crippen LogP contribution < -0.4 is 4.90 Å². The molecule has 1 aliphatic rings. The fraction of sp³-hybridized carbons (Fsp3) is 0.357. The van der Waals surface area contributed by atoms with Crippen LogP contribution in [0.2, 0.25) is 0 Å². The quantitative estimate of drug-likeness (QED) is 0.738. The first kappa shape index (κ1) is 10.4. The number of para-hydroxylation sites is 1. The van der Waals surface area contributed by atoms with Crippen molar-refractivity contribution < 1.29 is 4.79 Å². The van der Waals surface area contributed by atoms with Crippen molar-refractivity contribution in [1.82, 2.24) is 4.57 Å². The highest BCUT2D eigenvalue weighted by Gasteiger charge is 2.21. The Morgan fingerprint density at radius 1 is 1.18 bits per heavy atom. The molecule has 0 radical (unpaired) electrons. The molecule has 0 N–H and O–H groups in total. The van der Waals surface area contributed by atoms with Crippen molar-refractivity contribution in [2.75, 3.05) is 18.0 Å². The number of carbonyl (C=O) groups excluding carboxylic acids is 1. The topological polar surface area (TPSA) is 25.2 Å². The summed E-state index contributed by atoms with van der Waals surface area (Å²) in [6.45, 7) is 2.12. The molecular weight excluding hydrogens is 212 g/mol. The normalized spacial score (nSPS) is 15.7. The van der Waals surface area contributed by atoms with Gasteiger partial charge in [0.25, 0.3) is 0 Å². The van der Waals surface area contributed by atoms with Crippen LogP contribution >= 0.6 is 0 Å². The molecule has 88 valence electrons. The van der Waals surface area contributed by atoms with Crippen molar-refractivity contribution in [3.05, 3.63) is 29.8 Å². The molecule has 0 saturated carbocycles. The van der Waals surface area contributed by atoms with Gasteiger partial charge in [-0.2, -0.15) is 0 Å². The maximum Gasteiger partial charge on any atom is 0.154 e. The molecule has 0 bridgehead atoms. The van der Waals surface area contributed by atoms with Crippen LogP contribution in [0.25, 0.3) is 10.9 Å². The summed E-state index contributed by atoms with van der Waals surface area (Å²) in [5.74, 6) is 1.08. The number of fused-ring (bicyclic) bond motifs is 1. The lowest BCUT2D eigenvalue weighted by Crippen LogP contribution is -2.21. The standard InChI is InChI=1S/C14H16N2O/c1-15-13-7-3-2-6-11(13)12(10-17)14(15)16-8-4-5-9-16/h2-3,6-7,10H,4-5,8-9H2,1H3. The van der Waals surface area contributed by atoms with Gasteiger partial charge in [-0.3, -0.25) is 4.79 Å². The number of aryl methyl sites for hydroxylation is 1. The maximum atomic E-state index is 11.4. The third-order valence-corrected chi connectivity index (χ3v) is 3.64. The zero-order chi connectivity index (χ0) is 11.8. The lowest BCUT2D eigenvalue weighted by molar-refractivity contribution is 0.112. The van der Waals surface area contributed by atoms with E-state index >= 15 is 0 Å². The lowest BCUT2D eigenvalue weighted by atomic mass is 10.2. The fourth-order valence-corrected chi connectivity index (χ4v) is 2.84. The Morgan fingerprint density at radius 2 is 1.88 bits per heavy atom. The number of aldehydes is 1. The van der Waals surface area contributed by atoms with Crippen LogP contribution in [-0.2, 0) is 7.05 Å². The van der Waals surface area contributed by atoms with Crippen molar-refractivity contribution in [3.8, 4) is 0 Å². The number of benzene rings is 1. The van der Waals surface area contributed by atoms with E-state index in [4.69, 9.17) is 0 Å². The summed E-state index contributed by atoms with van der Waals surface area (Å²) >= 11 is 0. The molecule has 3 heteroatoms. The first-order chi connectivity index (χ1) is 8.33. The summed E-state index contributed by atoms with van der Waals surface area (Å²) in [4.78, 5) is 13.7. The number of aromatic nitrogens is 1. The van der Waals surface area contributed by atoms with E-state index in [9.17, 15) is 4.79 Å². The third kappa shape index (κ3) is 1.46. The molecule has 1 aliphatic heterocycles. The molecule has 0 aliphatic carbocycles. The Balaban J connectivity index is 2.28. The van der Waals surface area contributed by atoms with Crippen molar-refractivity contribution >= 4 is 23.0 Å². The first-order valence-corrected chi connectivity index (χ1v) is 6.10. The number of hydrogen-bond acceptors (Lipinski definition) is 2. The lowest BCUT2D eigenvalue weighted by Gasteiger charge is -2.19. The van der Waals surface area contributed by atoms with Gasteiger partial charge in [0.05, 0.1) is 11.1 Å². The third-order valence-electron chi connectivity index (χ3n) is 3.64. The maximum absolute atomic E-state index is 11.4. The number of hydrogen-bond donors (Lipinski definition) is 0. The highest BCUT2D eigenvalue weighted by atomic mass is 16.1. The predicted molar refractivity (Wildman–Crippen MR) is 69.8 cm³/mol. The summed E-state index contributed by atoms with van der Waals surface area (Å²) in [6.07, 6.45) is 3.44. The van der Waals surface area contributed by atoms with Gasteiger partial charge in [0.2, 0.25) is 0 Å². The molecule has 0 amide bonds. The van der Waals surface area contributed by atoms with Crippen LogP contribution in [0, 0.1) is 0 Å². The molecule has 0 spiro atoms. The molecule has 2 aromatic rings. The van der Waals surface area contributed by atoms with E-state index in [2.05, 4.69) is 15.5 Å². The van der Waals surface area contributed by atoms with Crippen LogP contribution in [0.1, 0.15) is 23.2 Å². The van der Waals surface area contributed by atoms with Gasteiger partial charge in [-0.15, -0.1) is 0 Å². The van der Waals surface area contributed by atoms with Crippen molar-refractivity contribution in [1.29, 1.82) is 0 Å². The Bertz CT molecular complexity index is 565. The number of anilines is 1. The van der Waals surface area contributed by atoms with Crippen molar-refractivity contribution in [2.45, 2.75) is 12.8 Å². The van der Waals surface area contributed by atoms with E-state index in [1.807, 2.05) is 25.2 Å². The second kappa shape index (κ2) is 3.91. The van der Waals surface area contributed by atoms with Gasteiger partial charge in [-0.1, -0.05) is 18.2 Å². The highest BCUT2D eigenvalue weighted by molar-refractivity contribution is 6.04. The van der Waals surface area contributed by atoms with Crippen molar-refractivity contribution in [3.63, 3.8) is 0 Å². The monoisotopic (exact) mass is 228 g/mol. The van der Waals surface area contributed by atoms with E-state index in [1.165, 1.54) is 12.8 Å². The predicted octanol–water partition coefficient (Wildman–Crippen LogP) is 2.59. The molecule has 0 atom stereocenters. The van der Waals surface area contributed by atoms with E-state index in [1.54, 1.807) is 0 Å². The number of carbonyl (C=O) groups is 1. The second-order valence-corrected chi connectivity index (χ2v) is 4.63. The molecule has 17 heavy (non-hydrogen) atoms. The Morgan fingerprint density at radius 3 is 2.59 bits per heavy atom. The average molecular weight is 228 g/mol. The van der Waals surface area contributed by atoms with Crippen LogP contribution in [0.15, 0.2) is 24.3 Å². The second-order valence-electron chi connectivity index (χ2n) is 4.63. The van der Waals surface area contributed by atoms with Gasteiger partial charge in [0, 0.05) is 25.5 Å². The summed E-state index contributed by atoms with van der Waals surface area (Å²) in [7, 11) is 2.04. The highest BCUT2D eigenvalue weighted by Crippen LogP contribution is 2.32. The molecule has 3 nitrogen and oxygen atoms in total. The molecule has 1 fully saturated rings. The molecule has 1 aromatic carbocycles. The van der Waals surface area contributed by atoms with Gasteiger partial charge in [-0.25, -0.2) is 0 Å². The summed E-state index contributed by atoms with van der Waals surface area (Å²) in [6, 6.07) is 8.11. The van der Waals surface area contributed by atoms with E-state index in [0.717, 1.165) is 41.7 Å². The van der Waals surface area contributed by atoms with E-state index in [-0.39, 0.29) is 0 Å². The molecule has 0 unspecified atom stereocenters. The van der Waals surface area contributed by atoms with Crippen LogP contribution in [0.5, 0.6) is 0 Å². The average Bonchev–Trinajstić information content (AvgIpc) is 2.96. The SMILES string of the molecule is Cn1c(N2CCCC2)c(C=O)c2ccccc21. The van der Waals surface area contributed by atoms with Gasteiger partial charge in [0.1, 0.15) is 5.82 Å². The fourth-order valence-electron chi connectivity index (χ4n) is 2.84. The van der Waals surface area contributed by atoms with Gasteiger partial charge >= 0.3 is 0 Å². The summed E-state index contributed by atoms with van der Waals surface area (Å²) in [5, 5.41) is 1.06. The number of nitrogens with zero attached hydrogens (tertiary/aromatic N) is 2. The first-order valence-electron chi connectivity index (χ1n) is 6.10. The van der Waals surface area contributed by atoms with Gasteiger partial charge < -0.3 is 9.47 Å². The van der Waals surface area contributed by atoms with Crippen molar-refractivity contribution in [2.24, 2.45) is 7.05 Å². The summed E-state index contributed by atoms with van der Waals surface area (Å²) < 4.78 is 2.14. The Hall–Kier alpha value is -1.77. The molecular formula is C14H16N2O. The van der Waals surface area contributed by atoms with E-state index < -0.39 is 0 Å².